The number of aryl methyl sites for hydroxylation is 4. The molecule has 0 fully saturated rings. The number of fused-ring (bicyclic) bond motifs is 2. The number of hydrogen-bond donors (Lipinski definition) is 5. The molecule has 0 radical (unpaired) electrons. The van der Waals surface area contributed by atoms with E-state index in [0.717, 1.165) is 11.1 Å². The topological polar surface area (TPSA) is 211 Å². The SMILES string of the molecule is Cc1ccccc1C(=O)Nc1ccc(C(=O)N2CCCC(OP(O)(=S)OCCC#N)c3cc(Cl)ccc32)c(C)c1.Cc1ccccc1C(=O)Nc1ccc(C(=O)N2CCCC(OP(O)(O)=S)c3cc(Cl)ccc32)c(C)c1. The van der Waals surface area contributed by atoms with Crippen molar-refractivity contribution in [1.82, 2.24) is 0 Å². The number of benzene rings is 6. The summed E-state index contributed by atoms with van der Waals surface area (Å²) >= 11 is 22.4. The van der Waals surface area contributed by atoms with Crippen LogP contribution in [0.25, 0.3) is 0 Å². The molecule has 2 heterocycles. The van der Waals surface area contributed by atoms with Crippen molar-refractivity contribution < 1.29 is 47.4 Å². The largest absolute Gasteiger partial charge is 0.325 e. The molecule has 0 saturated carbocycles. The van der Waals surface area contributed by atoms with Gasteiger partial charge >= 0.3 is 13.4 Å². The van der Waals surface area contributed by atoms with Crippen LogP contribution in [-0.4, -0.2) is 58.0 Å². The first-order valence-corrected chi connectivity index (χ1v) is 30.0. The number of hydrogen-bond acceptors (Lipinski definition) is 10. The number of anilines is 4. The molecule has 3 unspecified atom stereocenters. The van der Waals surface area contributed by atoms with Gasteiger partial charge in [-0.05, 0) is 184 Å². The standard InChI is InChI=1S/C29H29ClN3O5PS.C26H26ClN2O5PS/c1-19-7-3-4-8-23(19)28(34)32-22-11-12-24(20(2)17-22)29(35)33-15-5-9-27(25-18-21(30)10-13-26(25)33)38-39(36,40)37-16-6-14-31;1-16-6-3-4-7-20(16)25(30)28-19-10-11-21(17(2)14-19)26(31)29-13-5-8-24(34-35(32,33)36)22-15-18(27)9-12-23(22)29/h3-4,7-8,10-13,17-18,27H,5-6,9,15-16H2,1-2H3,(H,32,34)(H,36,40);3-4,6-7,9-12,14-15,24H,5,8,13H2,1-2H3,(H,28,30)(H2,32,33,36). The minimum atomic E-state index is -3.92. The molecule has 6 aromatic carbocycles. The zero-order chi connectivity index (χ0) is 54.9. The number of nitrogens with zero attached hydrogens (tertiary/aromatic N) is 3. The van der Waals surface area contributed by atoms with E-state index in [2.05, 4.69) is 22.4 Å². The second kappa shape index (κ2) is 25.7. The van der Waals surface area contributed by atoms with Crippen LogP contribution in [0.3, 0.4) is 0 Å². The third-order valence-electron chi connectivity index (χ3n) is 12.6. The molecule has 76 heavy (non-hydrogen) atoms. The van der Waals surface area contributed by atoms with Gasteiger partial charge in [0, 0.05) is 79.3 Å². The van der Waals surface area contributed by atoms with Crippen LogP contribution < -0.4 is 20.4 Å². The zero-order valence-corrected chi connectivity index (χ0v) is 46.8. The Morgan fingerprint density at radius 1 is 0.618 bits per heavy atom. The van der Waals surface area contributed by atoms with E-state index in [0.29, 0.717) is 116 Å². The van der Waals surface area contributed by atoms with E-state index in [1.807, 2.05) is 70.2 Å². The van der Waals surface area contributed by atoms with Gasteiger partial charge in [-0.25, -0.2) is 0 Å². The highest BCUT2D eigenvalue weighted by Gasteiger charge is 2.34. The number of carbonyl (C=O) groups is 4. The second-order valence-electron chi connectivity index (χ2n) is 18.1. The molecule has 4 amide bonds. The van der Waals surface area contributed by atoms with E-state index in [1.165, 1.54) is 0 Å². The van der Waals surface area contributed by atoms with Crippen molar-refractivity contribution in [3.05, 3.63) is 187 Å². The molecule has 2 aliphatic heterocycles. The van der Waals surface area contributed by atoms with Gasteiger partial charge in [-0.2, -0.15) is 5.26 Å². The van der Waals surface area contributed by atoms with Gasteiger partial charge in [0.15, 0.2) is 0 Å². The van der Waals surface area contributed by atoms with Crippen LogP contribution in [0, 0.1) is 39.0 Å². The van der Waals surface area contributed by atoms with Gasteiger partial charge in [0.25, 0.3) is 23.6 Å². The smallest absolute Gasteiger partial charge is 0.325 e. The molecule has 396 valence electrons. The van der Waals surface area contributed by atoms with E-state index >= 15 is 0 Å². The molecule has 15 nitrogen and oxygen atoms in total. The zero-order valence-electron chi connectivity index (χ0n) is 41.9. The maximum absolute atomic E-state index is 13.8. The predicted molar refractivity (Wildman–Crippen MR) is 304 cm³/mol. The number of nitrogens with one attached hydrogen (secondary N) is 2. The fourth-order valence-electron chi connectivity index (χ4n) is 8.99. The van der Waals surface area contributed by atoms with Gasteiger partial charge in [-0.1, -0.05) is 59.6 Å². The Hall–Kier alpha value is -5.67. The molecule has 2 aliphatic rings. The van der Waals surface area contributed by atoms with Crippen molar-refractivity contribution in [2.75, 3.05) is 40.1 Å². The second-order valence-corrected chi connectivity index (χ2v) is 24.4. The lowest BCUT2D eigenvalue weighted by Crippen LogP contribution is -2.32. The molecule has 5 N–H and O–H groups in total. The lowest BCUT2D eigenvalue weighted by atomic mass is 10.0. The third kappa shape index (κ3) is 14.9. The van der Waals surface area contributed by atoms with Crippen molar-refractivity contribution in [3.8, 4) is 6.07 Å². The summed E-state index contributed by atoms with van der Waals surface area (Å²) < 4.78 is 16.5. The molecule has 8 rings (SSSR count). The first kappa shape index (κ1) is 58.0. The van der Waals surface area contributed by atoms with Gasteiger partial charge in [0.2, 0.25) is 0 Å². The van der Waals surface area contributed by atoms with Crippen molar-refractivity contribution in [1.29, 1.82) is 5.26 Å². The van der Waals surface area contributed by atoms with Crippen molar-refractivity contribution in [3.63, 3.8) is 0 Å². The first-order chi connectivity index (χ1) is 36.1. The van der Waals surface area contributed by atoms with Crippen LogP contribution in [0.4, 0.5) is 22.7 Å². The number of nitriles is 1. The molecule has 3 atom stereocenters. The van der Waals surface area contributed by atoms with E-state index < -0.39 is 25.6 Å². The Kier molecular flexibility index (Phi) is 19.6. The Bertz CT molecular complexity index is 3340. The van der Waals surface area contributed by atoms with Crippen LogP contribution in [0.5, 0.6) is 0 Å². The van der Waals surface area contributed by atoms with Gasteiger partial charge in [-0.3, -0.25) is 19.2 Å². The normalized spacial score (nSPS) is 16.0. The number of rotatable bonds is 13. The summed E-state index contributed by atoms with van der Waals surface area (Å²) in [6.07, 6.45) is 0.773. The van der Waals surface area contributed by atoms with E-state index in [4.69, 9.17) is 53.8 Å². The fourth-order valence-corrected chi connectivity index (χ4v) is 11.7. The Labute approximate surface area is 461 Å². The third-order valence-corrected chi connectivity index (χ3v) is 15.5. The molecule has 0 aliphatic carbocycles. The van der Waals surface area contributed by atoms with E-state index in [-0.39, 0.29) is 36.7 Å². The molecule has 0 aromatic heterocycles. The Balaban J connectivity index is 0.000000222. The van der Waals surface area contributed by atoms with Gasteiger partial charge < -0.3 is 48.7 Å². The highest BCUT2D eigenvalue weighted by molar-refractivity contribution is 8.07. The summed E-state index contributed by atoms with van der Waals surface area (Å²) in [6.45, 7) is 0.606. The van der Waals surface area contributed by atoms with E-state index in [1.54, 1.807) is 94.7 Å². The average Bonchev–Trinajstić information content (AvgIpc) is 3.65. The van der Waals surface area contributed by atoms with Crippen LogP contribution in [-0.2, 0) is 37.2 Å². The lowest BCUT2D eigenvalue weighted by molar-refractivity contribution is 0.0978. The van der Waals surface area contributed by atoms with Gasteiger partial charge in [0.05, 0.1) is 31.3 Å². The molecular weight excluding hydrogens is 1090 g/mol. The summed E-state index contributed by atoms with van der Waals surface area (Å²) in [7, 11) is 0. The predicted octanol–water partition coefficient (Wildman–Crippen LogP) is 12.8. The molecule has 0 saturated heterocycles. The average molecular weight is 1140 g/mol. The van der Waals surface area contributed by atoms with Crippen molar-refractivity contribution in [2.45, 2.75) is 72.0 Å². The maximum atomic E-state index is 13.8. The summed E-state index contributed by atoms with van der Waals surface area (Å²) in [5.74, 6) is -0.875. The minimum absolute atomic E-state index is 0.0370. The van der Waals surface area contributed by atoms with Crippen LogP contribution in [0.15, 0.2) is 121 Å². The number of carbonyl (C=O) groups excluding carboxylic acids is 4. The van der Waals surface area contributed by atoms with E-state index in [9.17, 15) is 33.9 Å². The quantitative estimate of drug-likeness (QED) is 0.0539. The van der Waals surface area contributed by atoms with Gasteiger partial charge in [0.1, 0.15) is 0 Å². The van der Waals surface area contributed by atoms with Crippen LogP contribution in [0.1, 0.15) is 119 Å². The van der Waals surface area contributed by atoms with Crippen LogP contribution in [0.2, 0.25) is 10.0 Å². The summed E-state index contributed by atoms with van der Waals surface area (Å²) in [4.78, 5) is 86.3. The Morgan fingerprint density at radius 3 is 1.46 bits per heavy atom. The number of halogens is 2. The summed E-state index contributed by atoms with van der Waals surface area (Å²) in [6, 6.07) is 37.2. The molecule has 0 bridgehead atoms. The molecule has 6 aromatic rings. The minimum Gasteiger partial charge on any atom is -0.325 e. The number of amides is 4. The molecule has 0 spiro atoms. The van der Waals surface area contributed by atoms with Crippen LogP contribution >= 0.6 is 36.6 Å². The van der Waals surface area contributed by atoms with Crippen molar-refractivity contribution >= 4 is 107 Å². The lowest BCUT2D eigenvalue weighted by Gasteiger charge is -2.26. The Morgan fingerprint density at radius 2 is 1.05 bits per heavy atom. The maximum Gasteiger partial charge on any atom is 0.325 e. The summed E-state index contributed by atoms with van der Waals surface area (Å²) in [5, 5.41) is 15.4. The molecular formula is C55H55Cl2N5O10P2S2. The molecule has 21 heteroatoms. The highest BCUT2D eigenvalue weighted by atomic mass is 35.5. The first-order valence-electron chi connectivity index (χ1n) is 24.1. The van der Waals surface area contributed by atoms with Gasteiger partial charge in [-0.15, -0.1) is 0 Å². The monoisotopic (exact) mass is 1140 g/mol. The highest BCUT2D eigenvalue weighted by Crippen LogP contribution is 2.52. The van der Waals surface area contributed by atoms with Crippen molar-refractivity contribution in [2.24, 2.45) is 0 Å². The fraction of sp³-hybridized carbons (Fsp3) is 0.255. The summed E-state index contributed by atoms with van der Waals surface area (Å²) in [5.41, 5.74) is 8.84.